The molecule has 146 valence electrons. The van der Waals surface area contributed by atoms with Crippen molar-refractivity contribution in [2.75, 3.05) is 18.5 Å². The third-order valence-electron chi connectivity index (χ3n) is 3.95. The third kappa shape index (κ3) is 7.07. The Labute approximate surface area is 164 Å². The number of rotatable bonds is 8. The number of nitrogens with one attached hydrogen (secondary N) is 2. The number of para-hydroxylation sites is 1. The lowest BCUT2D eigenvalue weighted by Gasteiger charge is -2.10. The van der Waals surface area contributed by atoms with Crippen molar-refractivity contribution in [1.29, 1.82) is 0 Å². The smallest absolute Gasteiger partial charge is 0.331 e. The molecule has 0 radical (unpaired) electrons. The molecule has 0 saturated heterocycles. The van der Waals surface area contributed by atoms with Gasteiger partial charge < -0.3 is 15.4 Å². The van der Waals surface area contributed by atoms with Crippen molar-refractivity contribution >= 4 is 29.5 Å². The van der Waals surface area contributed by atoms with Gasteiger partial charge in [0, 0.05) is 11.8 Å². The van der Waals surface area contributed by atoms with Gasteiger partial charge in [0.1, 0.15) is 0 Å². The van der Waals surface area contributed by atoms with Crippen LogP contribution in [0.5, 0.6) is 0 Å². The first-order valence-corrected chi connectivity index (χ1v) is 9.04. The molecule has 2 N–H and O–H groups in total. The van der Waals surface area contributed by atoms with Crippen LogP contribution in [0.1, 0.15) is 23.6 Å². The van der Waals surface area contributed by atoms with Crippen molar-refractivity contribution in [2.24, 2.45) is 0 Å². The summed E-state index contributed by atoms with van der Waals surface area (Å²) in [6.45, 7) is 3.32. The monoisotopic (exact) mass is 380 g/mol. The van der Waals surface area contributed by atoms with Crippen molar-refractivity contribution in [3.05, 3.63) is 71.3 Å². The van der Waals surface area contributed by atoms with Gasteiger partial charge in [-0.2, -0.15) is 0 Å². The Morgan fingerprint density at radius 2 is 1.71 bits per heavy atom. The van der Waals surface area contributed by atoms with Crippen LogP contribution in [0.2, 0.25) is 0 Å². The fourth-order valence-corrected chi connectivity index (χ4v) is 2.40. The average molecular weight is 380 g/mol. The van der Waals surface area contributed by atoms with Gasteiger partial charge in [-0.25, -0.2) is 4.79 Å². The molecule has 28 heavy (non-hydrogen) atoms. The van der Waals surface area contributed by atoms with E-state index in [1.165, 1.54) is 6.08 Å². The number of aryl methyl sites for hydroxylation is 2. The summed E-state index contributed by atoms with van der Waals surface area (Å²) < 4.78 is 4.87. The van der Waals surface area contributed by atoms with Gasteiger partial charge in [-0.15, -0.1) is 0 Å². The summed E-state index contributed by atoms with van der Waals surface area (Å²) in [5.74, 6) is -1.52. The van der Waals surface area contributed by atoms with E-state index in [2.05, 4.69) is 10.6 Å². The highest BCUT2D eigenvalue weighted by Gasteiger charge is 2.09. The van der Waals surface area contributed by atoms with E-state index in [9.17, 15) is 14.4 Å². The maximum atomic E-state index is 12.0. The second kappa shape index (κ2) is 10.7. The second-order valence-electron chi connectivity index (χ2n) is 6.19. The first-order chi connectivity index (χ1) is 13.5. The first kappa shape index (κ1) is 20.9. The van der Waals surface area contributed by atoms with Gasteiger partial charge >= 0.3 is 5.97 Å². The van der Waals surface area contributed by atoms with Gasteiger partial charge in [-0.1, -0.05) is 55.0 Å². The molecule has 0 aliphatic rings. The second-order valence-corrected chi connectivity index (χ2v) is 6.19. The van der Waals surface area contributed by atoms with Crippen molar-refractivity contribution in [2.45, 2.75) is 20.3 Å². The quantitative estimate of drug-likeness (QED) is 0.545. The van der Waals surface area contributed by atoms with E-state index in [0.717, 1.165) is 28.8 Å². The molecule has 0 unspecified atom stereocenters. The number of hydrogen-bond acceptors (Lipinski definition) is 4. The van der Waals surface area contributed by atoms with E-state index in [1.54, 1.807) is 12.1 Å². The van der Waals surface area contributed by atoms with Gasteiger partial charge in [0.2, 0.25) is 5.91 Å². The molecular weight excluding hydrogens is 356 g/mol. The molecule has 6 heteroatoms. The predicted molar refractivity (Wildman–Crippen MR) is 109 cm³/mol. The largest absolute Gasteiger partial charge is 0.452 e. The number of carbonyl (C=O) groups excluding carboxylic acids is 3. The highest BCUT2D eigenvalue weighted by atomic mass is 16.5. The normalized spacial score (nSPS) is 10.5. The van der Waals surface area contributed by atoms with Crippen LogP contribution in [-0.4, -0.2) is 30.9 Å². The third-order valence-corrected chi connectivity index (χ3v) is 3.95. The SMILES string of the molecule is CCc1ccccc1NC(=O)CNC(=O)COC(=O)/C=C/c1ccc(C)cc1. The summed E-state index contributed by atoms with van der Waals surface area (Å²) in [7, 11) is 0. The van der Waals surface area contributed by atoms with E-state index in [1.807, 2.05) is 56.3 Å². The minimum atomic E-state index is -0.628. The number of esters is 1. The minimum Gasteiger partial charge on any atom is -0.452 e. The van der Waals surface area contributed by atoms with Crippen LogP contribution in [0.15, 0.2) is 54.6 Å². The van der Waals surface area contributed by atoms with Crippen LogP contribution < -0.4 is 10.6 Å². The molecule has 0 saturated carbocycles. The summed E-state index contributed by atoms with van der Waals surface area (Å²) in [5.41, 5.74) is 3.71. The molecule has 0 aliphatic carbocycles. The zero-order chi connectivity index (χ0) is 20.4. The highest BCUT2D eigenvalue weighted by molar-refractivity contribution is 5.95. The molecule has 0 aromatic heterocycles. The summed E-state index contributed by atoms with van der Waals surface area (Å²) in [6, 6.07) is 15.1. The van der Waals surface area contributed by atoms with Gasteiger partial charge in [-0.05, 0) is 36.6 Å². The maximum Gasteiger partial charge on any atom is 0.331 e. The van der Waals surface area contributed by atoms with Crippen LogP contribution in [0.3, 0.4) is 0 Å². The number of hydrogen-bond donors (Lipinski definition) is 2. The van der Waals surface area contributed by atoms with Crippen LogP contribution in [0, 0.1) is 6.92 Å². The van der Waals surface area contributed by atoms with E-state index in [-0.39, 0.29) is 12.5 Å². The fourth-order valence-electron chi connectivity index (χ4n) is 2.40. The molecule has 0 bridgehead atoms. The molecule has 0 fully saturated rings. The minimum absolute atomic E-state index is 0.201. The van der Waals surface area contributed by atoms with Crippen molar-refractivity contribution in [1.82, 2.24) is 5.32 Å². The van der Waals surface area contributed by atoms with E-state index in [4.69, 9.17) is 4.74 Å². The number of benzene rings is 2. The number of amides is 2. The van der Waals surface area contributed by atoms with Crippen LogP contribution in [0.25, 0.3) is 6.08 Å². The average Bonchev–Trinajstić information content (AvgIpc) is 2.70. The van der Waals surface area contributed by atoms with Crippen molar-refractivity contribution in [3.63, 3.8) is 0 Å². The summed E-state index contributed by atoms with van der Waals surface area (Å²) in [4.78, 5) is 35.4. The molecule has 6 nitrogen and oxygen atoms in total. The lowest BCUT2D eigenvalue weighted by atomic mass is 10.1. The zero-order valence-electron chi connectivity index (χ0n) is 16.0. The molecule has 0 aliphatic heterocycles. The predicted octanol–water partition coefficient (Wildman–Crippen LogP) is 2.87. The van der Waals surface area contributed by atoms with Crippen LogP contribution in [-0.2, 0) is 25.5 Å². The Bertz CT molecular complexity index is 857. The van der Waals surface area contributed by atoms with Crippen molar-refractivity contribution < 1.29 is 19.1 Å². The Hall–Kier alpha value is -3.41. The first-order valence-electron chi connectivity index (χ1n) is 9.04. The van der Waals surface area contributed by atoms with Crippen LogP contribution in [0.4, 0.5) is 5.69 Å². The summed E-state index contributed by atoms with van der Waals surface area (Å²) in [5, 5.41) is 5.17. The van der Waals surface area contributed by atoms with Gasteiger partial charge in [0.25, 0.3) is 5.91 Å². The number of carbonyl (C=O) groups is 3. The van der Waals surface area contributed by atoms with E-state index >= 15 is 0 Å². The summed E-state index contributed by atoms with van der Waals surface area (Å²) >= 11 is 0. The molecule has 0 atom stereocenters. The van der Waals surface area contributed by atoms with Gasteiger partial charge in [0.05, 0.1) is 6.54 Å². The van der Waals surface area contributed by atoms with E-state index < -0.39 is 18.5 Å². The Kier molecular flexibility index (Phi) is 7.96. The number of ether oxygens (including phenoxy) is 1. The Morgan fingerprint density at radius 1 is 1.00 bits per heavy atom. The number of anilines is 1. The summed E-state index contributed by atoms with van der Waals surface area (Å²) in [6.07, 6.45) is 3.65. The van der Waals surface area contributed by atoms with E-state index in [0.29, 0.717) is 0 Å². The zero-order valence-corrected chi connectivity index (χ0v) is 16.0. The molecule has 2 rings (SSSR count). The maximum absolute atomic E-state index is 12.0. The fraction of sp³-hybridized carbons (Fsp3) is 0.227. The molecule has 0 heterocycles. The molecule has 2 aromatic rings. The molecule has 0 spiro atoms. The van der Waals surface area contributed by atoms with Gasteiger partial charge in [0.15, 0.2) is 6.61 Å². The molecule has 2 aromatic carbocycles. The molecule has 2 amide bonds. The van der Waals surface area contributed by atoms with Gasteiger partial charge in [-0.3, -0.25) is 9.59 Å². The van der Waals surface area contributed by atoms with Crippen LogP contribution >= 0.6 is 0 Å². The highest BCUT2D eigenvalue weighted by Crippen LogP contribution is 2.14. The lowest BCUT2D eigenvalue weighted by molar-refractivity contribution is -0.143. The molecular formula is C22H24N2O4. The lowest BCUT2D eigenvalue weighted by Crippen LogP contribution is -2.35. The Morgan fingerprint density at radius 3 is 2.43 bits per heavy atom. The van der Waals surface area contributed by atoms with Crippen molar-refractivity contribution in [3.8, 4) is 0 Å². The standard InChI is InChI=1S/C22H24N2O4/c1-3-18-6-4-5-7-19(18)24-20(25)14-23-21(26)15-28-22(27)13-12-17-10-8-16(2)9-11-17/h4-13H,3,14-15H2,1-2H3,(H,23,26)(H,24,25)/b13-12+. The topological polar surface area (TPSA) is 84.5 Å². The Balaban J connectivity index is 1.71.